The van der Waals surface area contributed by atoms with E-state index in [0.717, 1.165) is 6.92 Å². The smallest absolute Gasteiger partial charge is 0.303 e. The van der Waals surface area contributed by atoms with Gasteiger partial charge in [-0.2, -0.15) is 0 Å². The third-order valence-corrected chi connectivity index (χ3v) is 2.47. The first-order chi connectivity index (χ1) is 8.25. The van der Waals surface area contributed by atoms with Gasteiger partial charge in [-0.3, -0.25) is 25.0 Å². The van der Waals surface area contributed by atoms with Crippen LogP contribution in [0, 0.1) is 34.1 Å². The fraction of sp³-hybridized carbons (Fsp3) is 0.300. The van der Waals surface area contributed by atoms with Gasteiger partial charge < -0.3 is 5.32 Å². The Labute approximate surface area is 102 Å². The van der Waals surface area contributed by atoms with E-state index < -0.39 is 27.1 Å². The molecule has 0 unspecified atom stereocenters. The van der Waals surface area contributed by atoms with Crippen molar-refractivity contribution in [1.82, 2.24) is 0 Å². The number of aryl methyl sites for hydroxylation is 1. The SMILES string of the molecule is CC(=O)Nc1c([N+](=O)[O-])cc(C)c(C)c1[N+](=O)[O-]. The molecule has 0 aliphatic carbocycles. The summed E-state index contributed by atoms with van der Waals surface area (Å²) in [5.74, 6) is -0.607. The lowest BCUT2D eigenvalue weighted by atomic mass is 10.0. The van der Waals surface area contributed by atoms with Crippen molar-refractivity contribution in [2.24, 2.45) is 0 Å². The minimum Gasteiger partial charge on any atom is -0.315 e. The maximum Gasteiger partial charge on any atom is 0.303 e. The Hall–Kier alpha value is -2.51. The van der Waals surface area contributed by atoms with Crippen LogP contribution in [0.15, 0.2) is 6.07 Å². The van der Waals surface area contributed by atoms with E-state index in [1.165, 1.54) is 19.9 Å². The van der Waals surface area contributed by atoms with Crippen molar-refractivity contribution in [2.45, 2.75) is 20.8 Å². The van der Waals surface area contributed by atoms with Crippen LogP contribution in [0.25, 0.3) is 0 Å². The molecule has 0 saturated carbocycles. The zero-order valence-corrected chi connectivity index (χ0v) is 10.0. The molecule has 0 radical (unpaired) electrons. The van der Waals surface area contributed by atoms with Gasteiger partial charge in [0.1, 0.15) is 0 Å². The predicted molar refractivity (Wildman–Crippen MR) is 63.5 cm³/mol. The highest BCUT2D eigenvalue weighted by Crippen LogP contribution is 2.38. The van der Waals surface area contributed by atoms with Crippen LogP contribution in [-0.2, 0) is 4.79 Å². The van der Waals surface area contributed by atoms with Crippen LogP contribution in [0.2, 0.25) is 0 Å². The second-order valence-corrected chi connectivity index (χ2v) is 3.76. The molecular weight excluding hydrogens is 242 g/mol. The van der Waals surface area contributed by atoms with E-state index in [4.69, 9.17) is 0 Å². The van der Waals surface area contributed by atoms with Crippen molar-refractivity contribution in [3.63, 3.8) is 0 Å². The van der Waals surface area contributed by atoms with Gasteiger partial charge in [0.25, 0.3) is 5.69 Å². The number of amides is 1. The summed E-state index contributed by atoms with van der Waals surface area (Å²) in [6.07, 6.45) is 0. The number of nitro benzene ring substituents is 2. The minimum absolute atomic E-state index is 0.286. The van der Waals surface area contributed by atoms with Gasteiger partial charge >= 0.3 is 5.69 Å². The number of hydrogen-bond acceptors (Lipinski definition) is 5. The van der Waals surface area contributed by atoms with Gasteiger partial charge in [0.15, 0.2) is 5.69 Å². The normalized spacial score (nSPS) is 9.94. The Bertz CT molecular complexity index is 553. The molecule has 1 aromatic rings. The summed E-state index contributed by atoms with van der Waals surface area (Å²) in [6, 6.07) is 1.20. The lowest BCUT2D eigenvalue weighted by molar-refractivity contribution is -0.392. The van der Waals surface area contributed by atoms with Crippen LogP contribution < -0.4 is 5.32 Å². The van der Waals surface area contributed by atoms with Gasteiger partial charge in [0.05, 0.1) is 9.85 Å². The van der Waals surface area contributed by atoms with Crippen LogP contribution in [0.1, 0.15) is 18.1 Å². The molecule has 0 aliphatic heterocycles. The van der Waals surface area contributed by atoms with Gasteiger partial charge in [-0.05, 0) is 19.4 Å². The van der Waals surface area contributed by atoms with Gasteiger partial charge in [-0.15, -0.1) is 0 Å². The maximum atomic E-state index is 11.0. The van der Waals surface area contributed by atoms with E-state index in [1.807, 2.05) is 0 Å². The molecule has 1 aromatic carbocycles. The topological polar surface area (TPSA) is 115 Å². The molecule has 18 heavy (non-hydrogen) atoms. The number of nitro groups is 2. The molecule has 0 spiro atoms. The van der Waals surface area contributed by atoms with Gasteiger partial charge in [0.2, 0.25) is 5.91 Å². The fourth-order valence-electron chi connectivity index (χ4n) is 1.55. The summed E-state index contributed by atoms with van der Waals surface area (Å²) in [6.45, 7) is 4.14. The number of nitrogens with zero attached hydrogens (tertiary/aromatic N) is 2. The quantitative estimate of drug-likeness (QED) is 0.653. The molecule has 8 nitrogen and oxygen atoms in total. The number of hydrogen-bond donors (Lipinski definition) is 1. The van der Waals surface area contributed by atoms with E-state index >= 15 is 0 Å². The Kier molecular flexibility index (Phi) is 3.60. The molecule has 0 atom stereocenters. The van der Waals surface area contributed by atoms with Gasteiger partial charge in [-0.1, -0.05) is 0 Å². The van der Waals surface area contributed by atoms with Crippen LogP contribution in [-0.4, -0.2) is 15.8 Å². The summed E-state index contributed by atoms with van der Waals surface area (Å²) in [5, 5.41) is 24.0. The van der Waals surface area contributed by atoms with E-state index in [2.05, 4.69) is 5.32 Å². The molecule has 8 heteroatoms. The lowest BCUT2D eigenvalue weighted by Crippen LogP contribution is -2.11. The van der Waals surface area contributed by atoms with E-state index in [0.29, 0.717) is 5.56 Å². The van der Waals surface area contributed by atoms with E-state index in [-0.39, 0.29) is 11.3 Å². The summed E-state index contributed by atoms with van der Waals surface area (Å²) in [5.41, 5.74) is -0.602. The van der Waals surface area contributed by atoms with Crippen molar-refractivity contribution < 1.29 is 14.6 Å². The van der Waals surface area contributed by atoms with Crippen LogP contribution in [0.3, 0.4) is 0 Å². The highest BCUT2D eigenvalue weighted by atomic mass is 16.6. The lowest BCUT2D eigenvalue weighted by Gasteiger charge is -2.08. The van der Waals surface area contributed by atoms with Crippen molar-refractivity contribution in [3.05, 3.63) is 37.4 Å². The molecule has 0 aliphatic rings. The van der Waals surface area contributed by atoms with Crippen molar-refractivity contribution in [2.75, 3.05) is 5.32 Å². The number of nitrogens with one attached hydrogen (secondary N) is 1. The first kappa shape index (κ1) is 13.6. The average Bonchev–Trinajstić information content (AvgIpc) is 2.21. The van der Waals surface area contributed by atoms with Gasteiger partial charge in [-0.25, -0.2) is 0 Å². The fourth-order valence-corrected chi connectivity index (χ4v) is 1.55. The predicted octanol–water partition coefficient (Wildman–Crippen LogP) is 2.08. The Balaban J connectivity index is 3.68. The van der Waals surface area contributed by atoms with Crippen LogP contribution >= 0.6 is 0 Å². The second kappa shape index (κ2) is 4.78. The van der Waals surface area contributed by atoms with Crippen LogP contribution in [0.4, 0.5) is 17.1 Å². The highest BCUT2D eigenvalue weighted by Gasteiger charge is 2.29. The monoisotopic (exact) mass is 253 g/mol. The molecule has 1 amide bonds. The van der Waals surface area contributed by atoms with Crippen LogP contribution in [0.5, 0.6) is 0 Å². The zero-order chi connectivity index (χ0) is 14.0. The molecule has 0 heterocycles. The second-order valence-electron chi connectivity index (χ2n) is 3.76. The first-order valence-electron chi connectivity index (χ1n) is 4.96. The summed E-state index contributed by atoms with van der Waals surface area (Å²) >= 11 is 0. The summed E-state index contributed by atoms with van der Waals surface area (Å²) in [7, 11) is 0. The number of benzene rings is 1. The maximum absolute atomic E-state index is 11.0. The standard InChI is InChI=1S/C10H11N3O5/c1-5-4-8(12(15)16)9(11-7(3)14)10(6(5)2)13(17)18/h4H,1-3H3,(H,11,14). The van der Waals surface area contributed by atoms with E-state index in [1.54, 1.807) is 0 Å². The molecule has 0 fully saturated rings. The summed E-state index contributed by atoms with van der Waals surface area (Å²) in [4.78, 5) is 31.4. The number of rotatable bonds is 3. The Morgan fingerprint density at radius 3 is 2.17 bits per heavy atom. The summed E-state index contributed by atoms with van der Waals surface area (Å²) < 4.78 is 0. The number of carbonyl (C=O) groups is 1. The molecule has 0 bridgehead atoms. The molecule has 1 N–H and O–H groups in total. The molecule has 96 valence electrons. The Morgan fingerprint density at radius 2 is 1.78 bits per heavy atom. The number of carbonyl (C=O) groups excluding carboxylic acids is 1. The number of anilines is 1. The molecular formula is C10H11N3O5. The average molecular weight is 253 g/mol. The largest absolute Gasteiger partial charge is 0.315 e. The third kappa shape index (κ3) is 2.42. The first-order valence-corrected chi connectivity index (χ1v) is 4.96. The van der Waals surface area contributed by atoms with E-state index in [9.17, 15) is 25.0 Å². The molecule has 1 rings (SSSR count). The van der Waals surface area contributed by atoms with Crippen molar-refractivity contribution in [1.29, 1.82) is 0 Å². The van der Waals surface area contributed by atoms with Crippen molar-refractivity contribution >= 4 is 23.0 Å². The molecule has 0 saturated heterocycles. The molecule has 0 aromatic heterocycles. The van der Waals surface area contributed by atoms with Crippen molar-refractivity contribution in [3.8, 4) is 0 Å². The highest BCUT2D eigenvalue weighted by molar-refractivity contribution is 5.95. The zero-order valence-electron chi connectivity index (χ0n) is 10.0. The minimum atomic E-state index is -0.759. The third-order valence-electron chi connectivity index (χ3n) is 2.47. The Morgan fingerprint density at radius 1 is 1.22 bits per heavy atom. The van der Waals surface area contributed by atoms with Gasteiger partial charge in [0, 0.05) is 18.6 Å².